The van der Waals surface area contributed by atoms with Crippen molar-refractivity contribution in [1.82, 2.24) is 39.8 Å². The largest absolute Gasteiger partial charge is 0.441 e. The van der Waals surface area contributed by atoms with Crippen LogP contribution in [0.1, 0.15) is 30.0 Å². The molecule has 1 aliphatic rings. The fourth-order valence-corrected chi connectivity index (χ4v) is 3.93. The van der Waals surface area contributed by atoms with Gasteiger partial charge < -0.3 is 19.9 Å². The van der Waals surface area contributed by atoms with Crippen LogP contribution in [0.2, 0.25) is 0 Å². The van der Waals surface area contributed by atoms with Crippen LogP contribution in [0.3, 0.4) is 0 Å². The van der Waals surface area contributed by atoms with E-state index in [1.807, 2.05) is 57.3 Å². The van der Waals surface area contributed by atoms with Gasteiger partial charge in [0.15, 0.2) is 11.6 Å². The van der Waals surface area contributed by atoms with Crippen molar-refractivity contribution in [2.45, 2.75) is 26.9 Å². The van der Waals surface area contributed by atoms with E-state index in [0.717, 1.165) is 17.0 Å². The van der Waals surface area contributed by atoms with Crippen LogP contribution in [0.25, 0.3) is 5.82 Å². The van der Waals surface area contributed by atoms with E-state index in [-0.39, 0.29) is 6.09 Å². The zero-order chi connectivity index (χ0) is 25.1. The van der Waals surface area contributed by atoms with Gasteiger partial charge in [-0.25, -0.2) is 19.4 Å². The van der Waals surface area contributed by atoms with E-state index in [2.05, 4.69) is 40.5 Å². The van der Waals surface area contributed by atoms with E-state index in [1.165, 1.54) is 0 Å². The first-order valence-corrected chi connectivity index (χ1v) is 11.8. The zero-order valence-corrected chi connectivity index (χ0v) is 20.4. The highest BCUT2D eigenvalue weighted by Crippen LogP contribution is 2.21. The quantitative estimate of drug-likeness (QED) is 0.420. The topological polar surface area (TPSA) is 130 Å². The molecule has 1 aliphatic heterocycles. The molecule has 0 unspecified atom stereocenters. The number of carbonyl (C=O) groups excluding carboxylic acids is 1. The van der Waals surface area contributed by atoms with Crippen molar-refractivity contribution in [2.24, 2.45) is 0 Å². The number of pyridine rings is 1. The lowest BCUT2D eigenvalue weighted by Crippen LogP contribution is -2.49. The van der Waals surface area contributed by atoms with E-state index >= 15 is 0 Å². The highest BCUT2D eigenvalue weighted by Gasteiger charge is 2.25. The predicted octanol–water partition coefficient (Wildman–Crippen LogP) is 3.16. The summed E-state index contributed by atoms with van der Waals surface area (Å²) in [6, 6.07) is 9.36. The summed E-state index contributed by atoms with van der Waals surface area (Å²) in [5.41, 5.74) is 2.62. The van der Waals surface area contributed by atoms with E-state index in [0.29, 0.717) is 49.6 Å². The molecule has 4 aromatic rings. The van der Waals surface area contributed by atoms with Gasteiger partial charge in [-0.05, 0) is 32.9 Å². The van der Waals surface area contributed by atoms with Gasteiger partial charge in [0, 0.05) is 73.9 Å². The summed E-state index contributed by atoms with van der Waals surface area (Å²) < 4.78 is 7.38. The number of nitrogens with zero attached hydrogens (tertiary/aromatic N) is 8. The number of rotatable bonds is 6. The van der Waals surface area contributed by atoms with E-state index < -0.39 is 6.10 Å². The third kappa shape index (κ3) is 5.27. The number of piperazine rings is 1. The smallest absolute Gasteiger partial charge is 0.410 e. The van der Waals surface area contributed by atoms with Crippen molar-refractivity contribution in [1.29, 1.82) is 0 Å². The molecule has 1 atom stereocenters. The summed E-state index contributed by atoms with van der Waals surface area (Å²) in [4.78, 5) is 30.2. The molecule has 1 fully saturated rings. The Labute approximate surface area is 208 Å². The molecule has 0 bridgehead atoms. The minimum Gasteiger partial charge on any atom is -0.441 e. The molecule has 1 saturated heterocycles. The molecule has 5 heterocycles. The van der Waals surface area contributed by atoms with Crippen LogP contribution >= 0.6 is 0 Å². The van der Waals surface area contributed by atoms with Crippen LogP contribution in [0.4, 0.5) is 22.4 Å². The molecule has 12 nitrogen and oxygen atoms in total. The van der Waals surface area contributed by atoms with Crippen LogP contribution in [0.15, 0.2) is 48.9 Å². The van der Waals surface area contributed by atoms with Crippen LogP contribution in [0.5, 0.6) is 0 Å². The molecule has 1 amide bonds. The first-order valence-electron chi connectivity index (χ1n) is 11.8. The summed E-state index contributed by atoms with van der Waals surface area (Å²) in [6.07, 6.45) is 4.46. The van der Waals surface area contributed by atoms with Crippen molar-refractivity contribution < 1.29 is 9.53 Å². The van der Waals surface area contributed by atoms with Gasteiger partial charge in [0.1, 0.15) is 11.9 Å². The average Bonchev–Trinajstić information content (AvgIpc) is 3.56. The number of hydrogen-bond donors (Lipinski definition) is 2. The lowest BCUT2D eigenvalue weighted by Gasteiger charge is -2.34. The van der Waals surface area contributed by atoms with Crippen molar-refractivity contribution in [3.05, 3.63) is 65.9 Å². The Morgan fingerprint density at radius 1 is 1.11 bits per heavy atom. The van der Waals surface area contributed by atoms with Gasteiger partial charge in [0.05, 0.1) is 0 Å². The van der Waals surface area contributed by atoms with Crippen LogP contribution in [0, 0.1) is 13.8 Å². The third-order valence-electron chi connectivity index (χ3n) is 5.88. The van der Waals surface area contributed by atoms with Gasteiger partial charge in [-0.1, -0.05) is 6.07 Å². The zero-order valence-electron chi connectivity index (χ0n) is 20.4. The van der Waals surface area contributed by atoms with E-state index in [1.54, 1.807) is 22.0 Å². The van der Waals surface area contributed by atoms with Crippen LogP contribution in [-0.2, 0) is 4.74 Å². The number of hydrogen-bond acceptors (Lipinski definition) is 9. The standard InChI is InChI=1S/C24H28N10O2/c1-16-13-20(28-21-14-17(2)30-31-21)29-23(27-16)32-9-11-33(12-10-32)24(35)36-18(3)19-5-6-22(25-15-19)34-8-4-7-26-34/h4-8,13-15,18H,9-12H2,1-3H3,(H2,27,28,29,30,31)/t18-/m0/s1. The summed E-state index contributed by atoms with van der Waals surface area (Å²) >= 11 is 0. The van der Waals surface area contributed by atoms with Gasteiger partial charge in [-0.2, -0.15) is 15.2 Å². The molecule has 0 aromatic carbocycles. The average molecular weight is 489 g/mol. The molecule has 12 heteroatoms. The maximum Gasteiger partial charge on any atom is 0.410 e. The van der Waals surface area contributed by atoms with Gasteiger partial charge in [0.2, 0.25) is 5.95 Å². The number of anilines is 3. The van der Waals surface area contributed by atoms with Crippen molar-refractivity contribution in [3.8, 4) is 5.82 Å². The highest BCUT2D eigenvalue weighted by atomic mass is 16.6. The Kier molecular flexibility index (Phi) is 6.48. The number of aromatic nitrogens is 7. The first-order chi connectivity index (χ1) is 17.4. The Hall–Kier alpha value is -4.48. The lowest BCUT2D eigenvalue weighted by molar-refractivity contribution is 0.0678. The second-order valence-electron chi connectivity index (χ2n) is 8.66. The first kappa shape index (κ1) is 23.3. The SMILES string of the molecule is Cc1cc(Nc2cc(C)[nH]n2)nc(N2CCN(C(=O)O[C@@H](C)c3ccc(-n4cccn4)nc3)CC2)n1. The second kappa shape index (κ2) is 10.0. The number of aryl methyl sites for hydroxylation is 2. The molecular weight excluding hydrogens is 460 g/mol. The summed E-state index contributed by atoms with van der Waals surface area (Å²) in [5, 5.41) is 14.5. The van der Waals surface area contributed by atoms with Gasteiger partial charge in [-0.15, -0.1) is 0 Å². The van der Waals surface area contributed by atoms with E-state index in [9.17, 15) is 4.79 Å². The molecule has 0 saturated carbocycles. The fourth-order valence-electron chi connectivity index (χ4n) is 3.93. The van der Waals surface area contributed by atoms with Gasteiger partial charge in [0.25, 0.3) is 0 Å². The number of H-pyrrole nitrogens is 1. The Morgan fingerprint density at radius 3 is 2.61 bits per heavy atom. The molecule has 186 valence electrons. The molecule has 0 spiro atoms. The fraction of sp³-hybridized carbons (Fsp3) is 0.333. The molecule has 36 heavy (non-hydrogen) atoms. The maximum atomic E-state index is 12.8. The Bertz CT molecular complexity index is 1310. The normalized spacial score (nSPS) is 14.5. The van der Waals surface area contributed by atoms with Gasteiger partial charge >= 0.3 is 6.09 Å². The van der Waals surface area contributed by atoms with Crippen LogP contribution in [-0.4, -0.2) is 72.1 Å². The minimum atomic E-state index is -0.422. The van der Waals surface area contributed by atoms with Gasteiger partial charge in [-0.3, -0.25) is 5.10 Å². The van der Waals surface area contributed by atoms with Crippen LogP contribution < -0.4 is 10.2 Å². The molecular formula is C24H28N10O2. The Morgan fingerprint density at radius 2 is 1.94 bits per heavy atom. The monoisotopic (exact) mass is 488 g/mol. The highest BCUT2D eigenvalue weighted by molar-refractivity contribution is 5.68. The number of ether oxygens (including phenoxy) is 1. The minimum absolute atomic E-state index is 0.347. The third-order valence-corrected chi connectivity index (χ3v) is 5.88. The number of aromatic amines is 1. The summed E-state index contributed by atoms with van der Waals surface area (Å²) in [5.74, 6) is 2.69. The molecule has 5 rings (SSSR count). The second-order valence-corrected chi connectivity index (χ2v) is 8.66. The number of carbonyl (C=O) groups is 1. The van der Waals surface area contributed by atoms with E-state index in [4.69, 9.17) is 4.74 Å². The van der Waals surface area contributed by atoms with Crippen molar-refractivity contribution >= 4 is 23.7 Å². The number of nitrogens with one attached hydrogen (secondary N) is 2. The van der Waals surface area contributed by atoms with Crippen molar-refractivity contribution in [2.75, 3.05) is 36.4 Å². The number of amides is 1. The summed E-state index contributed by atoms with van der Waals surface area (Å²) in [7, 11) is 0. The molecule has 0 radical (unpaired) electrons. The molecule has 2 N–H and O–H groups in total. The van der Waals surface area contributed by atoms with Crippen molar-refractivity contribution in [3.63, 3.8) is 0 Å². The molecule has 4 aromatic heterocycles. The summed E-state index contributed by atoms with van der Waals surface area (Å²) in [6.45, 7) is 7.95. The maximum absolute atomic E-state index is 12.8. The predicted molar refractivity (Wildman–Crippen MR) is 133 cm³/mol. The lowest BCUT2D eigenvalue weighted by atomic mass is 10.2. The molecule has 0 aliphatic carbocycles. The Balaban J connectivity index is 1.16.